The summed E-state index contributed by atoms with van der Waals surface area (Å²) in [5, 5.41) is 3.41. The molecule has 3 heteroatoms. The van der Waals surface area contributed by atoms with E-state index in [2.05, 4.69) is 30.4 Å². The molecule has 0 fully saturated rings. The first-order chi connectivity index (χ1) is 8.76. The van der Waals surface area contributed by atoms with Gasteiger partial charge < -0.3 is 14.8 Å². The van der Waals surface area contributed by atoms with Crippen LogP contribution >= 0.6 is 0 Å². The van der Waals surface area contributed by atoms with Crippen molar-refractivity contribution in [1.82, 2.24) is 5.32 Å². The third-order valence-electron chi connectivity index (χ3n) is 3.80. The molecule has 1 aliphatic heterocycles. The fourth-order valence-electron chi connectivity index (χ4n) is 2.73. The van der Waals surface area contributed by atoms with E-state index >= 15 is 0 Å². The fourth-order valence-corrected chi connectivity index (χ4v) is 2.73. The SMILES string of the molecule is CNC(C(C)CCOC)C1Cc2ccccc2O1. The van der Waals surface area contributed by atoms with Gasteiger partial charge in [-0.3, -0.25) is 0 Å². The summed E-state index contributed by atoms with van der Waals surface area (Å²) in [6.07, 6.45) is 2.29. The summed E-state index contributed by atoms with van der Waals surface area (Å²) in [5.74, 6) is 1.58. The summed E-state index contributed by atoms with van der Waals surface area (Å²) < 4.78 is 11.2. The average Bonchev–Trinajstić information content (AvgIpc) is 2.80. The largest absolute Gasteiger partial charge is 0.488 e. The van der Waals surface area contributed by atoms with Gasteiger partial charge in [-0.15, -0.1) is 0 Å². The first-order valence-electron chi connectivity index (χ1n) is 6.67. The second-order valence-corrected chi connectivity index (χ2v) is 5.04. The third kappa shape index (κ3) is 2.85. The molecule has 2 rings (SSSR count). The lowest BCUT2D eigenvalue weighted by atomic mass is 9.92. The molecule has 0 aliphatic carbocycles. The molecule has 0 radical (unpaired) electrons. The molecule has 0 saturated heterocycles. The average molecular weight is 249 g/mol. The Bertz CT molecular complexity index is 356. The van der Waals surface area contributed by atoms with Crippen LogP contribution in [0.3, 0.4) is 0 Å². The minimum atomic E-state index is 0.235. The lowest BCUT2D eigenvalue weighted by molar-refractivity contribution is 0.122. The molecule has 0 aromatic heterocycles. The predicted molar refractivity (Wildman–Crippen MR) is 73.1 cm³/mol. The molecule has 3 atom stereocenters. The number of hydrogen-bond acceptors (Lipinski definition) is 3. The molecule has 1 aromatic carbocycles. The van der Waals surface area contributed by atoms with E-state index in [0.29, 0.717) is 12.0 Å². The minimum absolute atomic E-state index is 0.235. The molecular weight excluding hydrogens is 226 g/mol. The van der Waals surface area contributed by atoms with Crippen molar-refractivity contribution >= 4 is 0 Å². The maximum atomic E-state index is 6.06. The maximum Gasteiger partial charge on any atom is 0.123 e. The standard InChI is InChI=1S/C15H23NO2/c1-11(8-9-17-3)15(16-2)14-10-12-6-4-5-7-13(12)18-14/h4-7,11,14-16H,8-10H2,1-3H3. The van der Waals surface area contributed by atoms with Crippen molar-refractivity contribution in [2.24, 2.45) is 5.92 Å². The Morgan fingerprint density at radius 1 is 1.44 bits per heavy atom. The summed E-state index contributed by atoms with van der Waals surface area (Å²) in [7, 11) is 3.77. The second kappa shape index (κ2) is 6.21. The number of hydrogen-bond donors (Lipinski definition) is 1. The number of fused-ring (bicyclic) bond motifs is 1. The molecular formula is C15H23NO2. The molecule has 3 unspecified atom stereocenters. The smallest absolute Gasteiger partial charge is 0.123 e. The molecule has 0 saturated carbocycles. The van der Waals surface area contributed by atoms with Gasteiger partial charge in [0.15, 0.2) is 0 Å². The van der Waals surface area contributed by atoms with E-state index in [9.17, 15) is 0 Å². The highest BCUT2D eigenvalue weighted by Gasteiger charge is 2.32. The number of benzene rings is 1. The summed E-state index contributed by atoms with van der Waals surface area (Å²) in [5.41, 5.74) is 1.32. The number of nitrogens with one attached hydrogen (secondary N) is 1. The van der Waals surface area contributed by atoms with E-state index in [-0.39, 0.29) is 6.10 Å². The van der Waals surface area contributed by atoms with Crippen molar-refractivity contribution in [3.05, 3.63) is 29.8 Å². The lowest BCUT2D eigenvalue weighted by Crippen LogP contribution is -2.45. The Kier molecular flexibility index (Phi) is 4.61. The molecule has 1 aliphatic rings. The van der Waals surface area contributed by atoms with Gasteiger partial charge in [-0.1, -0.05) is 25.1 Å². The maximum absolute atomic E-state index is 6.06. The van der Waals surface area contributed by atoms with Crippen molar-refractivity contribution in [3.63, 3.8) is 0 Å². The summed E-state index contributed by atoms with van der Waals surface area (Å²) in [4.78, 5) is 0. The van der Waals surface area contributed by atoms with Crippen molar-refractivity contribution < 1.29 is 9.47 Å². The fraction of sp³-hybridized carbons (Fsp3) is 0.600. The molecule has 0 bridgehead atoms. The van der Waals surface area contributed by atoms with E-state index in [1.165, 1.54) is 5.56 Å². The second-order valence-electron chi connectivity index (χ2n) is 5.04. The molecule has 100 valence electrons. The molecule has 0 amide bonds. The van der Waals surface area contributed by atoms with Gasteiger partial charge in [0.25, 0.3) is 0 Å². The van der Waals surface area contributed by atoms with Crippen LogP contribution in [-0.4, -0.2) is 32.9 Å². The van der Waals surface area contributed by atoms with Crippen LogP contribution in [0.2, 0.25) is 0 Å². The summed E-state index contributed by atoms with van der Waals surface area (Å²) in [6, 6.07) is 8.69. The highest BCUT2D eigenvalue weighted by molar-refractivity contribution is 5.37. The topological polar surface area (TPSA) is 30.5 Å². The summed E-state index contributed by atoms with van der Waals surface area (Å²) >= 11 is 0. The van der Waals surface area contributed by atoms with E-state index in [0.717, 1.165) is 25.2 Å². The summed E-state index contributed by atoms with van der Waals surface area (Å²) in [6.45, 7) is 3.06. The van der Waals surface area contributed by atoms with Gasteiger partial charge in [-0.2, -0.15) is 0 Å². The van der Waals surface area contributed by atoms with Crippen LogP contribution in [0.4, 0.5) is 0 Å². The zero-order valence-electron chi connectivity index (χ0n) is 11.5. The highest BCUT2D eigenvalue weighted by Crippen LogP contribution is 2.31. The normalized spacial score (nSPS) is 21.2. The third-order valence-corrected chi connectivity index (χ3v) is 3.80. The number of methoxy groups -OCH3 is 1. The number of para-hydroxylation sites is 1. The number of ether oxygens (including phenoxy) is 2. The highest BCUT2D eigenvalue weighted by atomic mass is 16.5. The van der Waals surface area contributed by atoms with Gasteiger partial charge in [-0.05, 0) is 31.0 Å². The Morgan fingerprint density at radius 3 is 2.89 bits per heavy atom. The molecule has 1 heterocycles. The van der Waals surface area contributed by atoms with E-state index < -0.39 is 0 Å². The monoisotopic (exact) mass is 249 g/mol. The van der Waals surface area contributed by atoms with Crippen LogP contribution in [0.15, 0.2) is 24.3 Å². The number of likely N-dealkylation sites (N-methyl/N-ethyl adjacent to an activating group) is 1. The van der Waals surface area contributed by atoms with Crippen molar-refractivity contribution in [1.29, 1.82) is 0 Å². The molecule has 18 heavy (non-hydrogen) atoms. The van der Waals surface area contributed by atoms with Gasteiger partial charge in [-0.25, -0.2) is 0 Å². The zero-order chi connectivity index (χ0) is 13.0. The molecule has 0 spiro atoms. The molecule has 1 N–H and O–H groups in total. The van der Waals surface area contributed by atoms with Crippen LogP contribution < -0.4 is 10.1 Å². The molecule has 3 nitrogen and oxygen atoms in total. The van der Waals surface area contributed by atoms with Crippen LogP contribution in [0.5, 0.6) is 5.75 Å². The minimum Gasteiger partial charge on any atom is -0.488 e. The predicted octanol–water partition coefficient (Wildman–Crippen LogP) is 2.25. The van der Waals surface area contributed by atoms with Gasteiger partial charge in [0.05, 0.1) is 0 Å². The Labute approximate surface area is 109 Å². The van der Waals surface area contributed by atoms with Gasteiger partial charge in [0.1, 0.15) is 11.9 Å². The molecule has 1 aromatic rings. The first kappa shape index (κ1) is 13.4. The quantitative estimate of drug-likeness (QED) is 0.839. The van der Waals surface area contributed by atoms with Gasteiger partial charge in [0, 0.05) is 26.2 Å². The Balaban J connectivity index is 1.99. The van der Waals surface area contributed by atoms with Crippen LogP contribution in [0.25, 0.3) is 0 Å². The zero-order valence-corrected chi connectivity index (χ0v) is 11.5. The van der Waals surface area contributed by atoms with Gasteiger partial charge >= 0.3 is 0 Å². The van der Waals surface area contributed by atoms with Crippen LogP contribution in [-0.2, 0) is 11.2 Å². The van der Waals surface area contributed by atoms with Crippen molar-refractivity contribution in [2.75, 3.05) is 20.8 Å². The Morgan fingerprint density at radius 2 is 2.22 bits per heavy atom. The lowest BCUT2D eigenvalue weighted by Gasteiger charge is -2.28. The van der Waals surface area contributed by atoms with E-state index in [1.54, 1.807) is 7.11 Å². The van der Waals surface area contributed by atoms with E-state index in [1.807, 2.05) is 13.1 Å². The first-order valence-corrected chi connectivity index (χ1v) is 6.67. The number of rotatable bonds is 6. The van der Waals surface area contributed by atoms with Gasteiger partial charge in [0.2, 0.25) is 0 Å². The van der Waals surface area contributed by atoms with Crippen molar-refractivity contribution in [3.8, 4) is 5.75 Å². The van der Waals surface area contributed by atoms with Crippen molar-refractivity contribution in [2.45, 2.75) is 31.9 Å². The van der Waals surface area contributed by atoms with Crippen LogP contribution in [0, 0.1) is 5.92 Å². The van der Waals surface area contributed by atoms with E-state index in [4.69, 9.17) is 9.47 Å². The van der Waals surface area contributed by atoms with Crippen LogP contribution in [0.1, 0.15) is 18.9 Å². The Hall–Kier alpha value is -1.06.